The fourth-order valence-electron chi connectivity index (χ4n) is 3.83. The summed E-state index contributed by atoms with van der Waals surface area (Å²) in [5.41, 5.74) is 2.98. The molecule has 140 valence electrons. The fourth-order valence-corrected chi connectivity index (χ4v) is 3.83. The maximum Gasteiger partial charge on any atom is 0.242 e. The van der Waals surface area contributed by atoms with E-state index >= 15 is 0 Å². The highest BCUT2D eigenvalue weighted by atomic mass is 16.7. The molecule has 28 heavy (non-hydrogen) atoms. The van der Waals surface area contributed by atoms with E-state index in [4.69, 9.17) is 14.6 Å². The molecule has 3 aromatic carbocycles. The van der Waals surface area contributed by atoms with Crippen LogP contribution in [-0.2, 0) is 4.79 Å². The Labute approximate surface area is 163 Å². The van der Waals surface area contributed by atoms with Crippen molar-refractivity contribution >= 4 is 22.4 Å². The summed E-state index contributed by atoms with van der Waals surface area (Å²) in [7, 11) is 0. The average Bonchev–Trinajstić information content (AvgIpc) is 3.39. The Kier molecular flexibility index (Phi) is 4.01. The van der Waals surface area contributed by atoms with Crippen molar-refractivity contribution in [3.63, 3.8) is 0 Å². The summed E-state index contributed by atoms with van der Waals surface area (Å²) in [5, 5.41) is 8.70. The van der Waals surface area contributed by atoms with Crippen molar-refractivity contribution < 1.29 is 14.3 Å². The zero-order valence-corrected chi connectivity index (χ0v) is 15.6. The van der Waals surface area contributed by atoms with Gasteiger partial charge < -0.3 is 9.47 Å². The Morgan fingerprint density at radius 3 is 2.71 bits per heavy atom. The molecule has 3 aromatic rings. The zero-order chi connectivity index (χ0) is 19.1. The molecule has 0 aromatic heterocycles. The third-order valence-corrected chi connectivity index (χ3v) is 5.33. The highest BCUT2D eigenvalue weighted by Gasteiger charge is 2.33. The number of hydrogen-bond donors (Lipinski definition) is 0. The average molecular weight is 372 g/mol. The molecule has 0 N–H and O–H groups in total. The summed E-state index contributed by atoms with van der Waals surface area (Å²) in [6.45, 7) is 2.10. The third-order valence-electron chi connectivity index (χ3n) is 5.33. The van der Waals surface area contributed by atoms with E-state index in [1.807, 2.05) is 37.3 Å². The smallest absolute Gasteiger partial charge is 0.242 e. The van der Waals surface area contributed by atoms with Gasteiger partial charge in [-0.3, -0.25) is 4.79 Å². The molecular formula is C23H20N2O3. The van der Waals surface area contributed by atoms with E-state index in [2.05, 4.69) is 30.3 Å². The van der Waals surface area contributed by atoms with Gasteiger partial charge in [0.05, 0.1) is 11.8 Å². The molecular weight excluding hydrogens is 352 g/mol. The van der Waals surface area contributed by atoms with Gasteiger partial charge in [-0.1, -0.05) is 49.4 Å². The number of amides is 1. The molecule has 1 unspecified atom stereocenters. The van der Waals surface area contributed by atoms with E-state index in [-0.39, 0.29) is 18.7 Å². The quantitative estimate of drug-likeness (QED) is 0.672. The predicted octanol–water partition coefficient (Wildman–Crippen LogP) is 4.66. The lowest BCUT2D eigenvalue weighted by Crippen LogP contribution is -2.26. The van der Waals surface area contributed by atoms with Gasteiger partial charge in [-0.05, 0) is 40.1 Å². The standard InChI is InChI=1S/C23H20N2O3/c1-2-23(26)25-20(18-9-10-21-22(12-18)28-14-27-21)13-19(24-25)17-8-7-15-5-3-4-6-16(15)11-17/h3-12,20H,2,13-14H2,1H3. The van der Waals surface area contributed by atoms with E-state index in [0.717, 1.165) is 28.3 Å². The molecule has 2 heterocycles. The van der Waals surface area contributed by atoms with Gasteiger partial charge in [0.15, 0.2) is 11.5 Å². The van der Waals surface area contributed by atoms with Gasteiger partial charge in [-0.2, -0.15) is 5.10 Å². The second kappa shape index (κ2) is 6.68. The van der Waals surface area contributed by atoms with Crippen LogP contribution in [0.1, 0.15) is 36.9 Å². The summed E-state index contributed by atoms with van der Waals surface area (Å²) in [4.78, 5) is 12.6. The number of rotatable bonds is 3. The Bertz CT molecular complexity index is 1110. The first-order chi connectivity index (χ1) is 13.7. The SMILES string of the molecule is CCC(=O)N1N=C(c2ccc3ccccc3c2)CC1c1ccc2c(c1)OCO2. The van der Waals surface area contributed by atoms with Crippen LogP contribution in [0, 0.1) is 0 Å². The van der Waals surface area contributed by atoms with Crippen LogP contribution in [0.25, 0.3) is 10.8 Å². The van der Waals surface area contributed by atoms with Crippen LogP contribution in [0.4, 0.5) is 0 Å². The van der Waals surface area contributed by atoms with Crippen LogP contribution in [0.5, 0.6) is 11.5 Å². The molecule has 0 bridgehead atoms. The number of hydrazone groups is 1. The topological polar surface area (TPSA) is 51.1 Å². The monoisotopic (exact) mass is 372 g/mol. The number of fused-ring (bicyclic) bond motifs is 2. The second-order valence-corrected chi connectivity index (χ2v) is 7.03. The van der Waals surface area contributed by atoms with Crippen LogP contribution in [-0.4, -0.2) is 23.4 Å². The van der Waals surface area contributed by atoms with E-state index in [1.165, 1.54) is 10.8 Å². The van der Waals surface area contributed by atoms with E-state index in [0.29, 0.717) is 12.8 Å². The first-order valence-corrected chi connectivity index (χ1v) is 9.51. The van der Waals surface area contributed by atoms with Crippen LogP contribution in [0.15, 0.2) is 65.8 Å². The molecule has 1 atom stereocenters. The van der Waals surface area contributed by atoms with Gasteiger partial charge in [0.2, 0.25) is 12.7 Å². The van der Waals surface area contributed by atoms with Crippen LogP contribution >= 0.6 is 0 Å². The molecule has 5 rings (SSSR count). The lowest BCUT2D eigenvalue weighted by Gasteiger charge is -2.21. The predicted molar refractivity (Wildman–Crippen MR) is 108 cm³/mol. The van der Waals surface area contributed by atoms with E-state index in [9.17, 15) is 4.79 Å². The zero-order valence-electron chi connectivity index (χ0n) is 15.6. The Hall–Kier alpha value is -3.34. The lowest BCUT2D eigenvalue weighted by molar-refractivity contribution is -0.132. The summed E-state index contributed by atoms with van der Waals surface area (Å²) in [6.07, 6.45) is 1.08. The summed E-state index contributed by atoms with van der Waals surface area (Å²) >= 11 is 0. The van der Waals surface area contributed by atoms with Gasteiger partial charge in [0.25, 0.3) is 0 Å². The summed E-state index contributed by atoms with van der Waals surface area (Å²) in [5.74, 6) is 1.48. The Morgan fingerprint density at radius 2 is 1.86 bits per heavy atom. The molecule has 1 amide bonds. The largest absolute Gasteiger partial charge is 0.454 e. The molecule has 0 radical (unpaired) electrons. The number of carbonyl (C=O) groups is 1. The van der Waals surface area contributed by atoms with Crippen molar-refractivity contribution in [1.82, 2.24) is 5.01 Å². The Balaban J connectivity index is 1.52. The minimum Gasteiger partial charge on any atom is -0.454 e. The lowest BCUT2D eigenvalue weighted by atomic mass is 9.96. The molecule has 5 heteroatoms. The van der Waals surface area contributed by atoms with Gasteiger partial charge in [-0.15, -0.1) is 0 Å². The number of benzene rings is 3. The third kappa shape index (κ3) is 2.80. The van der Waals surface area contributed by atoms with Crippen LogP contribution in [0.2, 0.25) is 0 Å². The number of nitrogens with zero attached hydrogens (tertiary/aromatic N) is 2. The van der Waals surface area contributed by atoms with Crippen molar-refractivity contribution in [2.75, 3.05) is 6.79 Å². The van der Waals surface area contributed by atoms with Gasteiger partial charge in [0, 0.05) is 12.8 Å². The van der Waals surface area contributed by atoms with Crippen molar-refractivity contribution in [2.24, 2.45) is 5.10 Å². The minimum absolute atomic E-state index is 0.0125. The van der Waals surface area contributed by atoms with Gasteiger partial charge >= 0.3 is 0 Å². The minimum atomic E-state index is -0.136. The fraction of sp³-hybridized carbons (Fsp3) is 0.217. The molecule has 0 fully saturated rings. The van der Waals surface area contributed by atoms with Crippen molar-refractivity contribution in [2.45, 2.75) is 25.8 Å². The van der Waals surface area contributed by atoms with Crippen molar-refractivity contribution in [3.05, 3.63) is 71.8 Å². The van der Waals surface area contributed by atoms with Gasteiger partial charge in [0.1, 0.15) is 0 Å². The first kappa shape index (κ1) is 16.8. The molecule has 2 aliphatic heterocycles. The van der Waals surface area contributed by atoms with Crippen molar-refractivity contribution in [1.29, 1.82) is 0 Å². The maximum atomic E-state index is 12.6. The van der Waals surface area contributed by atoms with Crippen LogP contribution in [0.3, 0.4) is 0 Å². The molecule has 0 saturated heterocycles. The van der Waals surface area contributed by atoms with Crippen molar-refractivity contribution in [3.8, 4) is 11.5 Å². The Morgan fingerprint density at radius 1 is 1.04 bits per heavy atom. The molecule has 0 aliphatic carbocycles. The molecule has 0 spiro atoms. The number of ether oxygens (including phenoxy) is 2. The maximum absolute atomic E-state index is 12.6. The van der Waals surface area contributed by atoms with E-state index in [1.54, 1.807) is 5.01 Å². The number of carbonyl (C=O) groups excluding carboxylic acids is 1. The summed E-state index contributed by atoms with van der Waals surface area (Å²) < 4.78 is 10.9. The second-order valence-electron chi connectivity index (χ2n) is 7.03. The number of hydrogen-bond acceptors (Lipinski definition) is 4. The molecule has 2 aliphatic rings. The van der Waals surface area contributed by atoms with Gasteiger partial charge in [-0.25, -0.2) is 5.01 Å². The molecule has 5 nitrogen and oxygen atoms in total. The first-order valence-electron chi connectivity index (χ1n) is 9.51. The highest BCUT2D eigenvalue weighted by Crippen LogP contribution is 2.39. The van der Waals surface area contributed by atoms with E-state index < -0.39 is 0 Å². The summed E-state index contributed by atoms with van der Waals surface area (Å²) in [6, 6.07) is 20.3. The van der Waals surface area contributed by atoms with Crippen LogP contribution < -0.4 is 9.47 Å². The normalized spacial score (nSPS) is 17.8. The highest BCUT2D eigenvalue weighted by molar-refractivity contribution is 6.05. The molecule has 0 saturated carbocycles.